The predicted molar refractivity (Wildman–Crippen MR) is 69.6 cm³/mol. The summed E-state index contributed by atoms with van der Waals surface area (Å²) in [7, 11) is 2.71. The summed E-state index contributed by atoms with van der Waals surface area (Å²) in [5, 5.41) is 18.4. The van der Waals surface area contributed by atoms with E-state index >= 15 is 0 Å². The van der Waals surface area contributed by atoms with Gasteiger partial charge in [-0.3, -0.25) is 13.9 Å². The van der Waals surface area contributed by atoms with Crippen LogP contribution < -0.4 is 16.1 Å². The van der Waals surface area contributed by atoms with Crippen LogP contribution in [0, 0.1) is 11.3 Å². The SMILES string of the molecule is Cn1c(N2CCC[C@H]2C(=O)O)c(C#N)c(=O)n(C)c1=O. The standard InChI is InChI=1S/C12H14N4O4/c1-14-9(16-5-3-4-8(16)11(18)19)7(6-13)10(17)15(2)12(14)20/h8H,3-5H2,1-2H3,(H,18,19)/t8-/m0/s1. The zero-order valence-electron chi connectivity index (χ0n) is 11.2. The maximum atomic E-state index is 12.0. The van der Waals surface area contributed by atoms with Crippen LogP contribution in [0.3, 0.4) is 0 Å². The van der Waals surface area contributed by atoms with Crippen molar-refractivity contribution in [2.75, 3.05) is 11.4 Å². The van der Waals surface area contributed by atoms with E-state index in [2.05, 4.69) is 0 Å². The molecule has 1 saturated heterocycles. The van der Waals surface area contributed by atoms with Gasteiger partial charge in [0, 0.05) is 20.6 Å². The molecule has 0 radical (unpaired) electrons. The number of aromatic nitrogens is 2. The maximum absolute atomic E-state index is 12.0. The lowest BCUT2D eigenvalue weighted by Crippen LogP contribution is -2.45. The monoisotopic (exact) mass is 278 g/mol. The second kappa shape index (κ2) is 4.85. The highest BCUT2D eigenvalue weighted by molar-refractivity contribution is 5.79. The van der Waals surface area contributed by atoms with Crippen LogP contribution in [0.5, 0.6) is 0 Å². The molecule has 2 rings (SSSR count). The Balaban J connectivity index is 2.75. The van der Waals surface area contributed by atoms with E-state index in [4.69, 9.17) is 0 Å². The number of rotatable bonds is 2. The van der Waals surface area contributed by atoms with Crippen LogP contribution in [0.15, 0.2) is 9.59 Å². The van der Waals surface area contributed by atoms with Gasteiger partial charge in [-0.15, -0.1) is 0 Å². The van der Waals surface area contributed by atoms with Gasteiger partial charge in [-0.05, 0) is 12.8 Å². The Morgan fingerprint density at radius 1 is 1.35 bits per heavy atom. The molecule has 20 heavy (non-hydrogen) atoms. The van der Waals surface area contributed by atoms with Gasteiger partial charge in [-0.2, -0.15) is 5.26 Å². The zero-order valence-corrected chi connectivity index (χ0v) is 11.2. The van der Waals surface area contributed by atoms with Gasteiger partial charge in [-0.1, -0.05) is 0 Å². The zero-order chi connectivity index (χ0) is 15.0. The van der Waals surface area contributed by atoms with Crippen molar-refractivity contribution in [1.29, 1.82) is 5.26 Å². The molecule has 0 aliphatic carbocycles. The van der Waals surface area contributed by atoms with E-state index in [0.29, 0.717) is 19.4 Å². The molecule has 0 bridgehead atoms. The average molecular weight is 278 g/mol. The predicted octanol–water partition coefficient (Wildman–Crippen LogP) is -0.991. The summed E-state index contributed by atoms with van der Waals surface area (Å²) in [6.07, 6.45) is 1.05. The molecule has 1 atom stereocenters. The summed E-state index contributed by atoms with van der Waals surface area (Å²) in [4.78, 5) is 36.6. The van der Waals surface area contributed by atoms with E-state index in [9.17, 15) is 24.8 Å². The van der Waals surface area contributed by atoms with Gasteiger partial charge >= 0.3 is 11.7 Å². The highest BCUT2D eigenvalue weighted by atomic mass is 16.4. The molecule has 1 fully saturated rings. The van der Waals surface area contributed by atoms with Crippen LogP contribution in [-0.4, -0.2) is 32.8 Å². The number of hydrogen-bond donors (Lipinski definition) is 1. The van der Waals surface area contributed by atoms with Crippen molar-refractivity contribution in [3.05, 3.63) is 26.4 Å². The van der Waals surface area contributed by atoms with Gasteiger partial charge in [0.2, 0.25) is 0 Å². The van der Waals surface area contributed by atoms with E-state index in [1.165, 1.54) is 19.0 Å². The first kappa shape index (κ1) is 13.9. The minimum Gasteiger partial charge on any atom is -0.480 e. The maximum Gasteiger partial charge on any atom is 0.332 e. The summed E-state index contributed by atoms with van der Waals surface area (Å²) in [6.45, 7) is 0.395. The second-order valence-corrected chi connectivity index (χ2v) is 4.71. The fourth-order valence-electron chi connectivity index (χ4n) is 2.54. The molecule has 0 unspecified atom stereocenters. The van der Waals surface area contributed by atoms with Crippen molar-refractivity contribution in [2.45, 2.75) is 18.9 Å². The molecule has 1 aromatic rings. The molecule has 1 N–H and O–H groups in total. The first-order valence-electron chi connectivity index (χ1n) is 6.09. The normalized spacial score (nSPS) is 18.1. The minimum atomic E-state index is -1.03. The van der Waals surface area contributed by atoms with Crippen molar-refractivity contribution < 1.29 is 9.90 Å². The fraction of sp³-hybridized carbons (Fsp3) is 0.500. The van der Waals surface area contributed by atoms with Gasteiger partial charge in [0.1, 0.15) is 17.9 Å². The Labute approximate surface area is 114 Å². The number of nitrogens with zero attached hydrogens (tertiary/aromatic N) is 4. The molecule has 0 saturated carbocycles. The minimum absolute atomic E-state index is 0.0884. The van der Waals surface area contributed by atoms with Gasteiger partial charge < -0.3 is 10.0 Å². The van der Waals surface area contributed by atoms with Crippen LogP contribution in [-0.2, 0) is 18.9 Å². The van der Waals surface area contributed by atoms with E-state index in [0.717, 1.165) is 9.13 Å². The molecule has 0 spiro atoms. The van der Waals surface area contributed by atoms with E-state index in [1.807, 2.05) is 0 Å². The Kier molecular flexibility index (Phi) is 3.36. The average Bonchev–Trinajstić information content (AvgIpc) is 2.89. The van der Waals surface area contributed by atoms with Crippen molar-refractivity contribution in [1.82, 2.24) is 9.13 Å². The quantitative estimate of drug-likeness (QED) is 0.744. The highest BCUT2D eigenvalue weighted by Gasteiger charge is 2.34. The highest BCUT2D eigenvalue weighted by Crippen LogP contribution is 2.25. The van der Waals surface area contributed by atoms with Crippen LogP contribution in [0.25, 0.3) is 0 Å². The molecule has 106 valence electrons. The van der Waals surface area contributed by atoms with Crippen molar-refractivity contribution in [2.24, 2.45) is 14.1 Å². The van der Waals surface area contributed by atoms with Gasteiger partial charge in [0.05, 0.1) is 0 Å². The Hall–Kier alpha value is -2.56. The molecule has 1 aliphatic heterocycles. The van der Waals surface area contributed by atoms with E-state index in [-0.39, 0.29) is 11.4 Å². The molecule has 8 heteroatoms. The number of carbonyl (C=O) groups is 1. The number of hydrogen-bond acceptors (Lipinski definition) is 5. The molecule has 1 aliphatic rings. The van der Waals surface area contributed by atoms with E-state index < -0.39 is 23.3 Å². The summed E-state index contributed by atoms with van der Waals surface area (Å²) in [5.41, 5.74) is -1.50. The van der Waals surface area contributed by atoms with Crippen molar-refractivity contribution in [3.8, 4) is 6.07 Å². The molecular formula is C12H14N4O4. The van der Waals surface area contributed by atoms with Gasteiger partial charge in [0.15, 0.2) is 5.56 Å². The molecule has 0 aromatic carbocycles. The first-order valence-corrected chi connectivity index (χ1v) is 6.09. The van der Waals surface area contributed by atoms with Gasteiger partial charge in [0.25, 0.3) is 5.56 Å². The first-order chi connectivity index (χ1) is 9.40. The number of carboxylic acid groups (broad SMARTS) is 1. The summed E-state index contributed by atoms with van der Waals surface area (Å²) >= 11 is 0. The van der Waals surface area contributed by atoms with Crippen LogP contribution in [0.2, 0.25) is 0 Å². The third kappa shape index (κ3) is 1.87. The number of aliphatic carboxylic acids is 1. The molecule has 1 aromatic heterocycles. The Morgan fingerprint density at radius 2 is 2.00 bits per heavy atom. The lowest BCUT2D eigenvalue weighted by atomic mass is 10.2. The molecule has 0 amide bonds. The van der Waals surface area contributed by atoms with Crippen molar-refractivity contribution in [3.63, 3.8) is 0 Å². The lowest BCUT2D eigenvalue weighted by molar-refractivity contribution is -0.138. The van der Waals surface area contributed by atoms with E-state index in [1.54, 1.807) is 6.07 Å². The van der Waals surface area contributed by atoms with Gasteiger partial charge in [-0.25, -0.2) is 9.59 Å². The van der Waals surface area contributed by atoms with Crippen LogP contribution in [0.1, 0.15) is 18.4 Å². The lowest BCUT2D eigenvalue weighted by Gasteiger charge is -2.26. The number of nitriles is 1. The largest absolute Gasteiger partial charge is 0.480 e. The fourth-order valence-corrected chi connectivity index (χ4v) is 2.54. The number of carboxylic acids is 1. The molecular weight excluding hydrogens is 264 g/mol. The smallest absolute Gasteiger partial charge is 0.332 e. The Bertz CT molecular complexity index is 725. The molecule has 2 heterocycles. The van der Waals surface area contributed by atoms with Crippen molar-refractivity contribution >= 4 is 11.8 Å². The van der Waals surface area contributed by atoms with Crippen LogP contribution in [0.4, 0.5) is 5.82 Å². The Morgan fingerprint density at radius 3 is 2.55 bits per heavy atom. The third-order valence-corrected chi connectivity index (χ3v) is 3.56. The summed E-state index contributed by atoms with van der Waals surface area (Å²) in [6, 6.07) is 0.962. The number of anilines is 1. The topological polar surface area (TPSA) is 108 Å². The second-order valence-electron chi connectivity index (χ2n) is 4.71. The summed E-state index contributed by atoms with van der Waals surface area (Å²) in [5.74, 6) is -0.940. The summed E-state index contributed by atoms with van der Waals surface area (Å²) < 4.78 is 2.00. The third-order valence-electron chi connectivity index (χ3n) is 3.56. The van der Waals surface area contributed by atoms with Crippen LogP contribution >= 0.6 is 0 Å². The molecule has 8 nitrogen and oxygen atoms in total.